The highest BCUT2D eigenvalue weighted by atomic mass is 35.5. The first kappa shape index (κ1) is 14.8. The average Bonchev–Trinajstić information content (AvgIpc) is 2.86. The van der Waals surface area contributed by atoms with Gasteiger partial charge in [-0.3, -0.25) is 0 Å². The van der Waals surface area contributed by atoms with Gasteiger partial charge in [-0.25, -0.2) is 4.98 Å². The van der Waals surface area contributed by atoms with Crippen molar-refractivity contribution in [2.45, 2.75) is 45.4 Å². The Morgan fingerprint density at radius 1 is 1.38 bits per heavy atom. The van der Waals surface area contributed by atoms with Crippen LogP contribution in [0.3, 0.4) is 0 Å². The van der Waals surface area contributed by atoms with Crippen molar-refractivity contribution in [3.8, 4) is 0 Å². The van der Waals surface area contributed by atoms with Crippen LogP contribution in [0.1, 0.15) is 32.0 Å². The van der Waals surface area contributed by atoms with Gasteiger partial charge in [0.25, 0.3) is 0 Å². The summed E-state index contributed by atoms with van der Waals surface area (Å²) >= 11 is 6.35. The molecule has 0 bridgehead atoms. The maximum Gasteiger partial charge on any atom is 0.136 e. The molecule has 1 saturated heterocycles. The fraction of sp³-hybridized carbons (Fsp3) is 0.562. The number of ether oxygens (including phenoxy) is 1. The molecule has 0 aliphatic carbocycles. The summed E-state index contributed by atoms with van der Waals surface area (Å²) < 4.78 is 8.27. The molecule has 1 aliphatic heterocycles. The van der Waals surface area contributed by atoms with Crippen LogP contribution in [0.4, 0.5) is 0 Å². The third-order valence-corrected chi connectivity index (χ3v) is 4.28. The van der Waals surface area contributed by atoms with Crippen molar-refractivity contribution < 1.29 is 4.74 Å². The first-order valence-electron chi connectivity index (χ1n) is 7.75. The van der Waals surface area contributed by atoms with Gasteiger partial charge in [-0.2, -0.15) is 0 Å². The van der Waals surface area contributed by atoms with Gasteiger partial charge < -0.3 is 14.6 Å². The Labute approximate surface area is 130 Å². The molecule has 0 spiro atoms. The number of aromatic nitrogens is 2. The Hall–Kier alpha value is -1.10. The molecule has 0 saturated carbocycles. The fourth-order valence-corrected chi connectivity index (χ4v) is 3.19. The maximum atomic E-state index is 6.35. The number of aryl methyl sites for hydroxylation is 1. The number of nitrogens with one attached hydrogen (secondary N) is 1. The van der Waals surface area contributed by atoms with Gasteiger partial charge in [0.05, 0.1) is 22.2 Å². The van der Waals surface area contributed by atoms with Crippen LogP contribution < -0.4 is 5.32 Å². The summed E-state index contributed by atoms with van der Waals surface area (Å²) in [6.07, 6.45) is 3.55. The number of para-hydroxylation sites is 1. The van der Waals surface area contributed by atoms with E-state index in [-0.39, 0.29) is 0 Å². The van der Waals surface area contributed by atoms with Crippen molar-refractivity contribution in [3.05, 3.63) is 29.0 Å². The highest BCUT2D eigenvalue weighted by molar-refractivity contribution is 6.35. The third kappa shape index (κ3) is 3.23. The summed E-state index contributed by atoms with van der Waals surface area (Å²) in [5.41, 5.74) is 1.99. The molecule has 1 aromatic heterocycles. The molecule has 2 aromatic rings. The molecular formula is C16H22ClN3O. The van der Waals surface area contributed by atoms with Crippen molar-refractivity contribution in [2.24, 2.45) is 0 Å². The van der Waals surface area contributed by atoms with E-state index in [1.54, 1.807) is 0 Å². The lowest BCUT2D eigenvalue weighted by Crippen LogP contribution is -2.32. The standard InChI is InChI=1S/C16H22ClN3O/c1-2-10-20-15(11-21-12-6-8-18-9-7-12)19-14-5-3-4-13(17)16(14)20/h3-5,12,18H,2,6-11H2,1H3. The average molecular weight is 308 g/mol. The molecule has 1 aromatic carbocycles. The molecule has 1 N–H and O–H groups in total. The van der Waals surface area contributed by atoms with Crippen LogP contribution in [0.15, 0.2) is 18.2 Å². The topological polar surface area (TPSA) is 39.1 Å². The predicted octanol–water partition coefficient (Wildman–Crippen LogP) is 3.37. The second-order valence-electron chi connectivity index (χ2n) is 5.55. The predicted molar refractivity (Wildman–Crippen MR) is 85.7 cm³/mol. The lowest BCUT2D eigenvalue weighted by atomic mass is 10.1. The molecule has 2 heterocycles. The molecular weight excluding hydrogens is 286 g/mol. The van der Waals surface area contributed by atoms with Crippen LogP contribution in [0, 0.1) is 0 Å². The Bertz CT molecular complexity index is 605. The van der Waals surface area contributed by atoms with Gasteiger partial charge >= 0.3 is 0 Å². The Morgan fingerprint density at radius 2 is 2.19 bits per heavy atom. The smallest absolute Gasteiger partial charge is 0.136 e. The van der Waals surface area contributed by atoms with Crippen molar-refractivity contribution >= 4 is 22.6 Å². The molecule has 4 nitrogen and oxygen atoms in total. The third-order valence-electron chi connectivity index (χ3n) is 3.98. The van der Waals surface area contributed by atoms with E-state index in [4.69, 9.17) is 21.3 Å². The lowest BCUT2D eigenvalue weighted by molar-refractivity contribution is 0.0166. The number of rotatable bonds is 5. The van der Waals surface area contributed by atoms with Gasteiger partial charge in [0, 0.05) is 6.54 Å². The Morgan fingerprint density at radius 3 is 2.95 bits per heavy atom. The van der Waals surface area contributed by atoms with Crippen LogP contribution in [0.2, 0.25) is 5.02 Å². The monoisotopic (exact) mass is 307 g/mol. The van der Waals surface area contributed by atoms with Crippen LogP contribution >= 0.6 is 11.6 Å². The summed E-state index contributed by atoms with van der Waals surface area (Å²) in [7, 11) is 0. The van der Waals surface area contributed by atoms with Crippen LogP contribution in [0.25, 0.3) is 11.0 Å². The number of fused-ring (bicyclic) bond motifs is 1. The summed E-state index contributed by atoms with van der Waals surface area (Å²) in [6, 6.07) is 5.89. The highest BCUT2D eigenvalue weighted by Crippen LogP contribution is 2.25. The largest absolute Gasteiger partial charge is 0.370 e. The molecule has 0 atom stereocenters. The summed E-state index contributed by atoms with van der Waals surface area (Å²) in [6.45, 7) is 5.74. The van der Waals surface area contributed by atoms with Gasteiger partial charge in [-0.1, -0.05) is 24.6 Å². The summed E-state index contributed by atoms with van der Waals surface area (Å²) in [4.78, 5) is 4.71. The van der Waals surface area contributed by atoms with E-state index in [1.165, 1.54) is 0 Å². The molecule has 5 heteroatoms. The molecule has 3 rings (SSSR count). The molecule has 21 heavy (non-hydrogen) atoms. The van der Waals surface area contributed by atoms with Gasteiger partial charge in [-0.15, -0.1) is 0 Å². The number of piperidine rings is 1. The number of hydrogen-bond acceptors (Lipinski definition) is 3. The molecule has 1 aliphatic rings. The number of hydrogen-bond donors (Lipinski definition) is 1. The maximum absolute atomic E-state index is 6.35. The summed E-state index contributed by atoms with van der Waals surface area (Å²) in [5, 5.41) is 4.12. The van der Waals surface area contributed by atoms with E-state index < -0.39 is 0 Å². The molecule has 0 amide bonds. The second kappa shape index (κ2) is 6.77. The van der Waals surface area contributed by atoms with Crippen molar-refractivity contribution in [1.29, 1.82) is 0 Å². The van der Waals surface area contributed by atoms with Crippen LogP contribution in [-0.2, 0) is 17.9 Å². The fourth-order valence-electron chi connectivity index (χ4n) is 2.92. The normalized spacial score (nSPS) is 16.7. The van der Waals surface area contributed by atoms with Crippen LogP contribution in [0.5, 0.6) is 0 Å². The molecule has 114 valence electrons. The van der Waals surface area contributed by atoms with E-state index >= 15 is 0 Å². The zero-order chi connectivity index (χ0) is 14.7. The Balaban J connectivity index is 1.83. The van der Waals surface area contributed by atoms with Crippen molar-refractivity contribution in [2.75, 3.05) is 13.1 Å². The van der Waals surface area contributed by atoms with E-state index in [0.29, 0.717) is 12.7 Å². The van der Waals surface area contributed by atoms with Gasteiger partial charge in [-0.05, 0) is 44.5 Å². The quantitative estimate of drug-likeness (QED) is 0.920. The first-order valence-corrected chi connectivity index (χ1v) is 8.13. The first-order chi connectivity index (χ1) is 10.3. The van der Waals surface area contributed by atoms with E-state index in [2.05, 4.69) is 16.8 Å². The lowest BCUT2D eigenvalue weighted by Gasteiger charge is -2.23. The zero-order valence-corrected chi connectivity index (χ0v) is 13.2. The zero-order valence-electron chi connectivity index (χ0n) is 12.4. The number of benzene rings is 1. The van der Waals surface area contributed by atoms with Gasteiger partial charge in [0.2, 0.25) is 0 Å². The molecule has 0 radical (unpaired) electrons. The van der Waals surface area contributed by atoms with E-state index in [1.807, 2.05) is 18.2 Å². The highest BCUT2D eigenvalue weighted by Gasteiger charge is 2.17. The molecule has 0 unspecified atom stereocenters. The SMILES string of the molecule is CCCn1c(COC2CCNCC2)nc2cccc(Cl)c21. The van der Waals surface area contributed by atoms with Gasteiger partial charge in [0.1, 0.15) is 12.4 Å². The van der Waals surface area contributed by atoms with E-state index in [0.717, 1.165) is 60.8 Å². The van der Waals surface area contributed by atoms with Crippen LogP contribution in [-0.4, -0.2) is 28.7 Å². The minimum atomic E-state index is 0.344. The minimum absolute atomic E-state index is 0.344. The van der Waals surface area contributed by atoms with Crippen molar-refractivity contribution in [1.82, 2.24) is 14.9 Å². The second-order valence-corrected chi connectivity index (χ2v) is 5.95. The Kier molecular flexibility index (Phi) is 4.78. The van der Waals surface area contributed by atoms with Gasteiger partial charge in [0.15, 0.2) is 0 Å². The number of halogens is 1. The molecule has 1 fully saturated rings. The number of nitrogens with zero attached hydrogens (tertiary/aromatic N) is 2. The minimum Gasteiger partial charge on any atom is -0.370 e. The van der Waals surface area contributed by atoms with Crippen molar-refractivity contribution in [3.63, 3.8) is 0 Å². The number of imidazole rings is 1. The summed E-state index contributed by atoms with van der Waals surface area (Å²) in [5.74, 6) is 0.985. The van der Waals surface area contributed by atoms with E-state index in [9.17, 15) is 0 Å².